The quantitative estimate of drug-likeness (QED) is 0.225. The number of aromatic nitrogens is 1. The summed E-state index contributed by atoms with van der Waals surface area (Å²) in [6, 6.07) is 25.6. The molecule has 3 aromatic carbocycles. The molecule has 0 saturated carbocycles. The fourth-order valence-electron chi connectivity index (χ4n) is 4.53. The van der Waals surface area contributed by atoms with Crippen molar-refractivity contribution in [1.29, 1.82) is 0 Å². The molecule has 1 atom stereocenters. The number of amides is 1. The van der Waals surface area contributed by atoms with Crippen molar-refractivity contribution in [2.24, 2.45) is 0 Å². The molecule has 1 aliphatic rings. The van der Waals surface area contributed by atoms with Gasteiger partial charge in [0, 0.05) is 0 Å². The van der Waals surface area contributed by atoms with Crippen molar-refractivity contribution >= 4 is 49.7 Å². The Hall–Kier alpha value is -4.27. The number of aliphatic hydroxyl groups excluding tert-OH is 1. The first-order valence-electron chi connectivity index (χ1n) is 12.0. The van der Waals surface area contributed by atoms with E-state index in [0.29, 0.717) is 27.9 Å². The highest BCUT2D eigenvalue weighted by atomic mass is 32.1. The van der Waals surface area contributed by atoms with Crippen LogP contribution in [0, 0.1) is 6.92 Å². The van der Waals surface area contributed by atoms with E-state index in [1.54, 1.807) is 17.5 Å². The van der Waals surface area contributed by atoms with Gasteiger partial charge in [-0.3, -0.25) is 14.5 Å². The molecule has 0 radical (unpaired) electrons. The summed E-state index contributed by atoms with van der Waals surface area (Å²) in [5.74, 6) is -1.00. The van der Waals surface area contributed by atoms with Crippen LogP contribution < -0.4 is 9.64 Å². The number of thiazole rings is 1. The summed E-state index contributed by atoms with van der Waals surface area (Å²) in [6.07, 6.45) is 0. The number of hydrogen-bond donors (Lipinski definition) is 1. The topological polar surface area (TPSA) is 79.7 Å². The third-order valence-corrected chi connectivity index (χ3v) is 8.24. The maximum absolute atomic E-state index is 13.6. The largest absolute Gasteiger partial charge is 0.503 e. The van der Waals surface area contributed by atoms with Gasteiger partial charge in [-0.25, -0.2) is 4.98 Å². The first-order chi connectivity index (χ1) is 18.5. The van der Waals surface area contributed by atoms with Crippen LogP contribution in [0.3, 0.4) is 0 Å². The van der Waals surface area contributed by atoms with Crippen LogP contribution in [0.25, 0.3) is 10.2 Å². The van der Waals surface area contributed by atoms with Gasteiger partial charge in [-0.1, -0.05) is 65.9 Å². The van der Waals surface area contributed by atoms with Crippen LogP contribution in [-0.4, -0.2) is 21.8 Å². The van der Waals surface area contributed by atoms with Gasteiger partial charge in [-0.2, -0.15) is 0 Å². The molecule has 38 heavy (non-hydrogen) atoms. The number of aryl methyl sites for hydroxylation is 1. The van der Waals surface area contributed by atoms with Crippen molar-refractivity contribution < 1.29 is 19.4 Å². The van der Waals surface area contributed by atoms with Crippen LogP contribution in [0.15, 0.2) is 102 Å². The molecule has 1 amide bonds. The molecule has 6 rings (SSSR count). The molecule has 5 aromatic rings. The first kappa shape index (κ1) is 24.1. The van der Waals surface area contributed by atoms with Crippen LogP contribution in [0.5, 0.6) is 5.75 Å². The molecule has 0 saturated heterocycles. The van der Waals surface area contributed by atoms with Gasteiger partial charge >= 0.3 is 0 Å². The number of carbonyl (C=O) groups excluding carboxylic acids is 2. The Morgan fingerprint density at radius 2 is 1.87 bits per heavy atom. The highest BCUT2D eigenvalue weighted by Gasteiger charge is 2.46. The molecule has 0 aliphatic carbocycles. The van der Waals surface area contributed by atoms with Crippen molar-refractivity contribution in [3.05, 3.63) is 123 Å². The van der Waals surface area contributed by atoms with Gasteiger partial charge in [-0.05, 0) is 59.3 Å². The first-order valence-corrected chi connectivity index (χ1v) is 13.7. The lowest BCUT2D eigenvalue weighted by Gasteiger charge is -2.24. The number of ketones is 1. The van der Waals surface area contributed by atoms with Gasteiger partial charge in [0.05, 0.1) is 26.7 Å². The van der Waals surface area contributed by atoms with E-state index < -0.39 is 17.7 Å². The number of anilines is 1. The number of rotatable bonds is 7. The highest BCUT2D eigenvalue weighted by molar-refractivity contribution is 7.22. The number of aliphatic hydroxyl groups is 1. The minimum atomic E-state index is -0.862. The summed E-state index contributed by atoms with van der Waals surface area (Å²) in [5, 5.41) is 13.3. The molecule has 0 fully saturated rings. The zero-order valence-electron chi connectivity index (χ0n) is 20.3. The van der Waals surface area contributed by atoms with Crippen molar-refractivity contribution in [2.75, 3.05) is 4.90 Å². The fourth-order valence-corrected chi connectivity index (χ4v) is 6.30. The zero-order valence-corrected chi connectivity index (χ0v) is 22.0. The Labute approximate surface area is 227 Å². The number of Topliss-reactive ketones (excluding diaryl/α,β-unsaturated/α-hetero) is 1. The van der Waals surface area contributed by atoms with Gasteiger partial charge in [0.25, 0.3) is 5.91 Å². The van der Waals surface area contributed by atoms with E-state index in [-0.39, 0.29) is 11.4 Å². The lowest BCUT2D eigenvalue weighted by atomic mass is 9.95. The van der Waals surface area contributed by atoms with Crippen LogP contribution in [0.2, 0.25) is 0 Å². The van der Waals surface area contributed by atoms with Crippen LogP contribution in [0.1, 0.15) is 32.4 Å². The van der Waals surface area contributed by atoms with Crippen molar-refractivity contribution in [1.82, 2.24) is 4.98 Å². The zero-order chi connectivity index (χ0) is 26.2. The molecular weight excluding hydrogens is 516 g/mol. The van der Waals surface area contributed by atoms with E-state index in [1.807, 2.05) is 79.7 Å². The summed E-state index contributed by atoms with van der Waals surface area (Å²) >= 11 is 2.62. The second-order valence-electron chi connectivity index (χ2n) is 8.96. The predicted octanol–water partition coefficient (Wildman–Crippen LogP) is 7.03. The molecule has 2 aromatic heterocycles. The molecule has 1 aliphatic heterocycles. The van der Waals surface area contributed by atoms with Gasteiger partial charge in [0.2, 0.25) is 5.78 Å². The molecular formula is C30H22N2O4S2. The summed E-state index contributed by atoms with van der Waals surface area (Å²) < 4.78 is 6.96. The average molecular weight is 539 g/mol. The molecule has 0 spiro atoms. The molecule has 1 N–H and O–H groups in total. The SMILES string of the molecule is Cc1ccc2nc(N3C(=O)C(O)=C(C(=O)c4cccs4)C3c3cccc(OCc4ccccc4)c3)sc2c1. The molecule has 6 nitrogen and oxygen atoms in total. The molecule has 0 bridgehead atoms. The smallest absolute Gasteiger partial charge is 0.296 e. The average Bonchev–Trinajstić information content (AvgIpc) is 3.67. The standard InChI is InChI=1S/C30H22N2O4S2/c1-18-12-13-22-24(15-18)38-30(31-22)32-26(25(28(34)29(32)35)27(33)23-11-6-14-37-23)20-9-5-10-21(16-20)36-17-19-7-3-2-4-8-19/h2-16,26,34H,17H2,1H3. The maximum atomic E-state index is 13.6. The van der Waals surface area contributed by atoms with Crippen molar-refractivity contribution in [3.8, 4) is 5.75 Å². The molecule has 3 heterocycles. The van der Waals surface area contributed by atoms with Gasteiger partial charge in [-0.15, -0.1) is 11.3 Å². The summed E-state index contributed by atoms with van der Waals surface area (Å²) in [4.78, 5) is 33.7. The van der Waals surface area contributed by atoms with E-state index >= 15 is 0 Å². The van der Waals surface area contributed by atoms with E-state index in [9.17, 15) is 14.7 Å². The predicted molar refractivity (Wildman–Crippen MR) is 150 cm³/mol. The van der Waals surface area contributed by atoms with Crippen LogP contribution in [-0.2, 0) is 11.4 Å². The minimum Gasteiger partial charge on any atom is -0.503 e. The monoisotopic (exact) mass is 538 g/mol. The third kappa shape index (κ3) is 4.38. The van der Waals surface area contributed by atoms with Gasteiger partial charge in [0.15, 0.2) is 10.9 Å². The van der Waals surface area contributed by atoms with Crippen molar-refractivity contribution in [2.45, 2.75) is 19.6 Å². The van der Waals surface area contributed by atoms with Gasteiger partial charge in [0.1, 0.15) is 12.4 Å². The Bertz CT molecular complexity index is 1690. The Kier molecular flexibility index (Phi) is 6.27. The van der Waals surface area contributed by atoms with Crippen LogP contribution >= 0.6 is 22.7 Å². The maximum Gasteiger partial charge on any atom is 0.296 e. The molecule has 1 unspecified atom stereocenters. The van der Waals surface area contributed by atoms with E-state index in [4.69, 9.17) is 9.72 Å². The molecule has 188 valence electrons. The summed E-state index contributed by atoms with van der Waals surface area (Å²) in [7, 11) is 0. The Morgan fingerprint density at radius 3 is 2.66 bits per heavy atom. The summed E-state index contributed by atoms with van der Waals surface area (Å²) in [6.45, 7) is 2.37. The normalized spacial score (nSPS) is 15.4. The number of ether oxygens (including phenoxy) is 1. The number of thiophene rings is 1. The number of benzene rings is 3. The minimum absolute atomic E-state index is 0.0353. The number of carbonyl (C=O) groups is 2. The van der Waals surface area contributed by atoms with Crippen molar-refractivity contribution in [3.63, 3.8) is 0 Å². The number of nitrogens with zero attached hydrogens (tertiary/aromatic N) is 2. The van der Waals surface area contributed by atoms with E-state index in [2.05, 4.69) is 0 Å². The highest BCUT2D eigenvalue weighted by Crippen LogP contribution is 2.45. The second kappa shape index (κ2) is 9.89. The summed E-state index contributed by atoms with van der Waals surface area (Å²) in [5.41, 5.74) is 3.53. The number of fused-ring (bicyclic) bond motifs is 1. The Morgan fingerprint density at radius 1 is 1.03 bits per heavy atom. The fraction of sp³-hybridized carbons (Fsp3) is 0.100. The molecule has 8 heteroatoms. The van der Waals surface area contributed by atoms with Gasteiger partial charge < -0.3 is 9.84 Å². The second-order valence-corrected chi connectivity index (χ2v) is 10.9. The lowest BCUT2D eigenvalue weighted by molar-refractivity contribution is -0.117. The lowest BCUT2D eigenvalue weighted by Crippen LogP contribution is -2.30. The van der Waals surface area contributed by atoms with E-state index in [0.717, 1.165) is 21.3 Å². The van der Waals surface area contributed by atoms with E-state index in [1.165, 1.54) is 27.6 Å². The third-order valence-electron chi connectivity index (χ3n) is 6.36. The van der Waals surface area contributed by atoms with Crippen LogP contribution in [0.4, 0.5) is 5.13 Å². The Balaban J connectivity index is 1.43. The number of hydrogen-bond acceptors (Lipinski definition) is 7.